The molecule has 0 amide bonds. The standard InChI is InChI=1S/C12H14N2OS/c15-8-10-11(9-4-2-1-3-5-9)13-12-14(10)6-7-16-12/h1-4,8-11H,5-7H2/t9?,10?,11-/m0/s1. The molecule has 3 nitrogen and oxygen atoms in total. The van der Waals surface area contributed by atoms with E-state index in [4.69, 9.17) is 4.99 Å². The van der Waals surface area contributed by atoms with Crippen molar-refractivity contribution in [1.29, 1.82) is 0 Å². The first-order valence-corrected chi connectivity index (χ1v) is 6.64. The Morgan fingerprint density at radius 2 is 2.44 bits per heavy atom. The van der Waals surface area contributed by atoms with E-state index in [0.717, 1.165) is 30.2 Å². The number of aldehydes is 1. The number of hydrogen-bond donors (Lipinski definition) is 0. The number of carbonyl (C=O) groups is 1. The molecule has 1 fully saturated rings. The molecule has 2 aliphatic heterocycles. The number of nitrogens with zero attached hydrogens (tertiary/aromatic N) is 2. The number of carbonyl (C=O) groups excluding carboxylic acids is 1. The molecular formula is C12H14N2OS. The van der Waals surface area contributed by atoms with E-state index in [0.29, 0.717) is 5.92 Å². The molecule has 0 radical (unpaired) electrons. The van der Waals surface area contributed by atoms with E-state index < -0.39 is 0 Å². The normalized spacial score (nSPS) is 36.4. The van der Waals surface area contributed by atoms with Crippen LogP contribution in [0.25, 0.3) is 0 Å². The van der Waals surface area contributed by atoms with Crippen LogP contribution in [0.2, 0.25) is 0 Å². The molecule has 1 saturated heterocycles. The summed E-state index contributed by atoms with van der Waals surface area (Å²) in [5.41, 5.74) is 0. The summed E-state index contributed by atoms with van der Waals surface area (Å²) >= 11 is 1.77. The molecule has 2 unspecified atom stereocenters. The highest BCUT2D eigenvalue weighted by molar-refractivity contribution is 8.14. The third kappa shape index (κ3) is 1.52. The van der Waals surface area contributed by atoms with Gasteiger partial charge in [-0.05, 0) is 6.42 Å². The summed E-state index contributed by atoms with van der Waals surface area (Å²) in [5.74, 6) is 1.45. The first-order valence-electron chi connectivity index (χ1n) is 5.66. The van der Waals surface area contributed by atoms with Gasteiger partial charge in [0.05, 0.1) is 6.04 Å². The summed E-state index contributed by atoms with van der Waals surface area (Å²) in [4.78, 5) is 18.1. The topological polar surface area (TPSA) is 32.7 Å². The number of aliphatic imine (C=N–C) groups is 1. The fraction of sp³-hybridized carbons (Fsp3) is 0.500. The molecule has 3 atom stereocenters. The van der Waals surface area contributed by atoms with Crippen LogP contribution in [0.4, 0.5) is 0 Å². The Morgan fingerprint density at radius 1 is 1.50 bits per heavy atom. The highest BCUT2D eigenvalue weighted by atomic mass is 32.2. The van der Waals surface area contributed by atoms with E-state index >= 15 is 0 Å². The summed E-state index contributed by atoms with van der Waals surface area (Å²) in [6.45, 7) is 0.968. The molecule has 0 spiro atoms. The number of fused-ring (bicyclic) bond motifs is 1. The predicted octanol–water partition coefficient (Wildman–Crippen LogP) is 1.47. The van der Waals surface area contributed by atoms with Crippen molar-refractivity contribution in [1.82, 2.24) is 4.90 Å². The zero-order valence-electron chi connectivity index (χ0n) is 8.95. The van der Waals surface area contributed by atoms with Crippen LogP contribution in [0.15, 0.2) is 29.3 Å². The lowest BCUT2D eigenvalue weighted by molar-refractivity contribution is -0.111. The van der Waals surface area contributed by atoms with Crippen molar-refractivity contribution in [2.45, 2.75) is 18.5 Å². The molecule has 0 saturated carbocycles. The molecule has 0 N–H and O–H groups in total. The fourth-order valence-corrected chi connectivity index (χ4v) is 3.59. The van der Waals surface area contributed by atoms with Crippen molar-refractivity contribution < 1.29 is 4.79 Å². The summed E-state index contributed by atoms with van der Waals surface area (Å²) < 4.78 is 0. The van der Waals surface area contributed by atoms with Crippen LogP contribution in [0, 0.1) is 5.92 Å². The zero-order chi connectivity index (χ0) is 11.0. The van der Waals surface area contributed by atoms with Gasteiger partial charge in [0, 0.05) is 18.2 Å². The Labute approximate surface area is 99.3 Å². The third-order valence-corrected chi connectivity index (χ3v) is 4.36. The number of allylic oxidation sites excluding steroid dienone is 3. The van der Waals surface area contributed by atoms with E-state index in [1.165, 1.54) is 0 Å². The average molecular weight is 234 g/mol. The molecule has 3 rings (SSSR count). The number of hydrogen-bond acceptors (Lipinski definition) is 4. The van der Waals surface area contributed by atoms with Crippen molar-refractivity contribution >= 4 is 23.2 Å². The Hall–Kier alpha value is -1.03. The second kappa shape index (κ2) is 4.09. The molecule has 0 aromatic carbocycles. The molecule has 0 aromatic heterocycles. The minimum Gasteiger partial charge on any atom is -0.339 e. The zero-order valence-corrected chi connectivity index (χ0v) is 9.77. The smallest absolute Gasteiger partial charge is 0.160 e. The lowest BCUT2D eigenvalue weighted by atomic mass is 9.89. The maximum absolute atomic E-state index is 11.2. The van der Waals surface area contributed by atoms with E-state index in [-0.39, 0.29) is 12.1 Å². The Bertz CT molecular complexity index is 388. The summed E-state index contributed by atoms with van der Waals surface area (Å²) in [6, 6.07) is 0.0904. The number of thioether (sulfide) groups is 1. The van der Waals surface area contributed by atoms with Gasteiger partial charge in [0.1, 0.15) is 12.3 Å². The second-order valence-corrected chi connectivity index (χ2v) is 5.35. The molecular weight excluding hydrogens is 220 g/mol. The lowest BCUT2D eigenvalue weighted by Gasteiger charge is -2.25. The molecule has 0 aromatic rings. The molecule has 16 heavy (non-hydrogen) atoms. The van der Waals surface area contributed by atoms with Crippen LogP contribution in [-0.2, 0) is 4.79 Å². The van der Waals surface area contributed by atoms with Crippen LogP contribution >= 0.6 is 11.8 Å². The Kier molecular flexibility index (Phi) is 2.59. The fourth-order valence-electron chi connectivity index (χ4n) is 2.55. The maximum atomic E-state index is 11.2. The Balaban J connectivity index is 1.84. The van der Waals surface area contributed by atoms with E-state index in [2.05, 4.69) is 29.2 Å². The maximum Gasteiger partial charge on any atom is 0.160 e. The molecule has 4 heteroatoms. The minimum absolute atomic E-state index is 0.0360. The van der Waals surface area contributed by atoms with Gasteiger partial charge in [-0.15, -0.1) is 0 Å². The largest absolute Gasteiger partial charge is 0.339 e. The predicted molar refractivity (Wildman–Crippen MR) is 66.6 cm³/mol. The number of rotatable bonds is 2. The van der Waals surface area contributed by atoms with Gasteiger partial charge in [-0.25, -0.2) is 0 Å². The van der Waals surface area contributed by atoms with Crippen molar-refractivity contribution in [3.63, 3.8) is 0 Å². The highest BCUT2D eigenvalue weighted by Gasteiger charge is 2.41. The lowest BCUT2D eigenvalue weighted by Crippen LogP contribution is -2.41. The average Bonchev–Trinajstić information content (AvgIpc) is 2.89. The van der Waals surface area contributed by atoms with Gasteiger partial charge in [-0.2, -0.15) is 0 Å². The first-order chi connectivity index (χ1) is 7.90. The monoisotopic (exact) mass is 234 g/mol. The molecule has 3 aliphatic rings. The molecule has 0 bridgehead atoms. The highest BCUT2D eigenvalue weighted by Crippen LogP contribution is 2.34. The van der Waals surface area contributed by atoms with Gasteiger partial charge in [0.25, 0.3) is 0 Å². The minimum atomic E-state index is -0.0360. The van der Waals surface area contributed by atoms with Crippen molar-refractivity contribution in [3.05, 3.63) is 24.3 Å². The quantitative estimate of drug-likeness (QED) is 0.678. The summed E-state index contributed by atoms with van der Waals surface area (Å²) in [5, 5.41) is 1.07. The molecule has 1 aliphatic carbocycles. The van der Waals surface area contributed by atoms with Gasteiger partial charge in [0.15, 0.2) is 5.17 Å². The number of amidine groups is 1. The summed E-state index contributed by atoms with van der Waals surface area (Å²) in [7, 11) is 0. The van der Waals surface area contributed by atoms with Crippen LogP contribution in [0.1, 0.15) is 6.42 Å². The Morgan fingerprint density at radius 3 is 3.19 bits per heavy atom. The van der Waals surface area contributed by atoms with Gasteiger partial charge in [0.2, 0.25) is 0 Å². The van der Waals surface area contributed by atoms with Gasteiger partial charge in [-0.3, -0.25) is 4.99 Å². The van der Waals surface area contributed by atoms with Crippen LogP contribution in [0.3, 0.4) is 0 Å². The van der Waals surface area contributed by atoms with Crippen molar-refractivity contribution in [2.24, 2.45) is 10.9 Å². The van der Waals surface area contributed by atoms with Gasteiger partial charge < -0.3 is 9.69 Å². The SMILES string of the molecule is O=CC1[C@H](C2C=CC=CC2)N=C2SCCN21. The van der Waals surface area contributed by atoms with Crippen molar-refractivity contribution in [2.75, 3.05) is 12.3 Å². The third-order valence-electron chi connectivity index (χ3n) is 3.37. The van der Waals surface area contributed by atoms with E-state index in [9.17, 15) is 4.79 Å². The molecule has 84 valence electrons. The van der Waals surface area contributed by atoms with E-state index in [1.807, 2.05) is 0 Å². The van der Waals surface area contributed by atoms with Crippen LogP contribution < -0.4 is 0 Å². The summed E-state index contributed by atoms with van der Waals surface area (Å²) in [6.07, 6.45) is 10.5. The van der Waals surface area contributed by atoms with Crippen LogP contribution in [-0.4, -0.2) is 40.7 Å². The second-order valence-electron chi connectivity index (χ2n) is 4.28. The van der Waals surface area contributed by atoms with E-state index in [1.54, 1.807) is 11.8 Å². The van der Waals surface area contributed by atoms with Gasteiger partial charge in [-0.1, -0.05) is 36.1 Å². The van der Waals surface area contributed by atoms with Gasteiger partial charge >= 0.3 is 0 Å². The van der Waals surface area contributed by atoms with Crippen molar-refractivity contribution in [3.8, 4) is 0 Å². The van der Waals surface area contributed by atoms with Crippen LogP contribution in [0.5, 0.6) is 0 Å². The first kappa shape index (κ1) is 10.1. The molecule has 2 heterocycles.